The Morgan fingerprint density at radius 1 is 1.30 bits per heavy atom. The fourth-order valence-corrected chi connectivity index (χ4v) is 3.70. The fraction of sp³-hybridized carbons (Fsp3) is 0.611. The van der Waals surface area contributed by atoms with Crippen LogP contribution in [0.15, 0.2) is 29.3 Å². The second kappa shape index (κ2) is 8.48. The van der Waals surface area contributed by atoms with Crippen LogP contribution in [0.3, 0.4) is 0 Å². The number of hydrogen-bond donors (Lipinski definition) is 2. The highest BCUT2D eigenvalue weighted by atomic mass is 32.2. The van der Waals surface area contributed by atoms with E-state index in [1.54, 1.807) is 0 Å². The first-order valence-corrected chi connectivity index (χ1v) is 9.36. The number of para-hydroxylation sites is 1. The molecule has 1 saturated heterocycles. The van der Waals surface area contributed by atoms with Crippen LogP contribution >= 0.6 is 11.8 Å². The number of aliphatic imine (C=N–C) groups is 1. The van der Waals surface area contributed by atoms with Gasteiger partial charge in [-0.25, -0.2) is 0 Å². The monoisotopic (exact) mass is 335 g/mol. The van der Waals surface area contributed by atoms with E-state index in [9.17, 15) is 0 Å². The summed E-state index contributed by atoms with van der Waals surface area (Å²) in [5.74, 6) is 3.06. The van der Waals surface area contributed by atoms with Crippen molar-refractivity contribution in [2.24, 2.45) is 4.99 Å². The summed E-state index contributed by atoms with van der Waals surface area (Å²) >= 11 is 2.05. The molecule has 2 N–H and O–H groups in total. The van der Waals surface area contributed by atoms with E-state index in [1.165, 1.54) is 18.6 Å². The van der Waals surface area contributed by atoms with Gasteiger partial charge in [-0.3, -0.25) is 4.99 Å². The van der Waals surface area contributed by atoms with E-state index in [0.29, 0.717) is 11.8 Å². The zero-order valence-electron chi connectivity index (χ0n) is 14.7. The van der Waals surface area contributed by atoms with E-state index in [-0.39, 0.29) is 5.60 Å². The number of guanidine groups is 1. The molecule has 128 valence electrons. The highest BCUT2D eigenvalue weighted by molar-refractivity contribution is 8.00. The Labute approximate surface area is 144 Å². The fourth-order valence-electron chi connectivity index (χ4n) is 2.49. The van der Waals surface area contributed by atoms with Gasteiger partial charge in [-0.2, -0.15) is 11.8 Å². The number of nitrogens with zero attached hydrogens (tertiary/aromatic N) is 1. The lowest BCUT2D eigenvalue weighted by molar-refractivity contribution is 0.129. The highest BCUT2D eigenvalue weighted by Crippen LogP contribution is 2.25. The van der Waals surface area contributed by atoms with Gasteiger partial charge >= 0.3 is 0 Å². The molecule has 0 spiro atoms. The van der Waals surface area contributed by atoms with Crippen LogP contribution in [0.2, 0.25) is 0 Å². The first-order chi connectivity index (χ1) is 11.0. The summed E-state index contributed by atoms with van der Waals surface area (Å²) in [6.07, 6.45) is 2.64. The molecule has 0 aromatic heterocycles. The predicted molar refractivity (Wildman–Crippen MR) is 101 cm³/mol. The summed E-state index contributed by atoms with van der Waals surface area (Å²) in [5, 5.41) is 7.53. The first kappa shape index (κ1) is 18.0. The Bertz CT molecular complexity index is 519. The number of thioether (sulfide) groups is 1. The van der Waals surface area contributed by atoms with Crippen molar-refractivity contribution in [3.05, 3.63) is 29.8 Å². The molecule has 4 nitrogen and oxygen atoms in total. The Kier molecular flexibility index (Phi) is 6.63. The van der Waals surface area contributed by atoms with Crippen molar-refractivity contribution < 1.29 is 4.74 Å². The van der Waals surface area contributed by atoms with Crippen molar-refractivity contribution in [2.45, 2.75) is 51.0 Å². The standard InChI is InChI=1S/C18H29N3OS/c1-18(2,3)22-16-10-6-5-8-14(16)12-20-17(19-4)21-13-15-9-7-11-23-15/h5-6,8,10,15H,7,9,11-13H2,1-4H3,(H2,19,20,21). The first-order valence-electron chi connectivity index (χ1n) is 8.31. The van der Waals surface area contributed by atoms with Gasteiger partial charge in [0.2, 0.25) is 0 Å². The maximum atomic E-state index is 6.04. The SMILES string of the molecule is CN=C(NCc1ccccc1OC(C)(C)C)NCC1CCCS1. The van der Waals surface area contributed by atoms with Gasteiger partial charge in [0.05, 0.1) is 0 Å². The van der Waals surface area contributed by atoms with Crippen LogP contribution in [-0.4, -0.2) is 36.2 Å². The summed E-state index contributed by atoms with van der Waals surface area (Å²) < 4.78 is 6.04. The van der Waals surface area contributed by atoms with Crippen molar-refractivity contribution in [3.63, 3.8) is 0 Å². The lowest BCUT2D eigenvalue weighted by Gasteiger charge is -2.23. The quantitative estimate of drug-likeness (QED) is 0.639. The average Bonchev–Trinajstić information content (AvgIpc) is 3.01. The molecule has 2 rings (SSSR count). The Balaban J connectivity index is 1.88. The molecule has 0 bridgehead atoms. The topological polar surface area (TPSA) is 45.7 Å². The molecule has 1 aliphatic heterocycles. The summed E-state index contributed by atoms with van der Waals surface area (Å²) in [7, 11) is 1.81. The molecule has 0 radical (unpaired) electrons. The number of nitrogens with one attached hydrogen (secondary N) is 2. The lowest BCUT2D eigenvalue weighted by atomic mass is 10.1. The molecule has 5 heteroatoms. The molecule has 1 aromatic rings. The summed E-state index contributed by atoms with van der Waals surface area (Å²) in [6, 6.07) is 8.16. The third-order valence-corrected chi connectivity index (χ3v) is 4.98. The van der Waals surface area contributed by atoms with E-state index in [2.05, 4.69) is 54.2 Å². The molecule has 0 amide bonds. The molecule has 1 aromatic carbocycles. The van der Waals surface area contributed by atoms with E-state index in [0.717, 1.165) is 23.8 Å². The van der Waals surface area contributed by atoms with Gasteiger partial charge in [-0.15, -0.1) is 0 Å². The normalized spacial score (nSPS) is 18.8. The number of hydrogen-bond acceptors (Lipinski definition) is 3. The second-order valence-electron chi connectivity index (χ2n) is 6.76. The van der Waals surface area contributed by atoms with Crippen LogP contribution in [0, 0.1) is 0 Å². The molecular formula is C18H29N3OS. The maximum absolute atomic E-state index is 6.04. The average molecular weight is 336 g/mol. The Hall–Kier alpha value is -1.36. The molecule has 23 heavy (non-hydrogen) atoms. The zero-order chi connectivity index (χ0) is 16.7. The number of benzene rings is 1. The predicted octanol–water partition coefficient (Wildman–Crippen LogP) is 3.42. The summed E-state index contributed by atoms with van der Waals surface area (Å²) in [6.45, 7) is 7.87. The van der Waals surface area contributed by atoms with E-state index in [1.807, 2.05) is 25.2 Å². The third-order valence-electron chi connectivity index (χ3n) is 3.58. The zero-order valence-corrected chi connectivity index (χ0v) is 15.5. The molecule has 0 saturated carbocycles. The van der Waals surface area contributed by atoms with Gasteiger partial charge in [0.25, 0.3) is 0 Å². The van der Waals surface area contributed by atoms with Crippen molar-refractivity contribution in [1.82, 2.24) is 10.6 Å². The molecule has 1 fully saturated rings. The third kappa shape index (κ3) is 6.34. The molecule has 1 atom stereocenters. The summed E-state index contributed by atoms with van der Waals surface area (Å²) in [5.41, 5.74) is 0.941. The Morgan fingerprint density at radius 2 is 2.09 bits per heavy atom. The minimum absolute atomic E-state index is 0.199. The molecule has 1 unspecified atom stereocenters. The van der Waals surface area contributed by atoms with E-state index >= 15 is 0 Å². The smallest absolute Gasteiger partial charge is 0.191 e. The van der Waals surface area contributed by atoms with Gasteiger partial charge < -0.3 is 15.4 Å². The maximum Gasteiger partial charge on any atom is 0.191 e. The van der Waals surface area contributed by atoms with Crippen LogP contribution in [-0.2, 0) is 6.54 Å². The second-order valence-corrected chi connectivity index (χ2v) is 8.17. The van der Waals surface area contributed by atoms with Gasteiger partial charge in [-0.1, -0.05) is 18.2 Å². The molecule has 1 aliphatic rings. The van der Waals surface area contributed by atoms with E-state index in [4.69, 9.17) is 4.74 Å². The van der Waals surface area contributed by atoms with Crippen LogP contribution in [0.1, 0.15) is 39.2 Å². The van der Waals surface area contributed by atoms with Gasteiger partial charge in [-0.05, 0) is 45.4 Å². The number of ether oxygens (including phenoxy) is 1. The van der Waals surface area contributed by atoms with Crippen molar-refractivity contribution >= 4 is 17.7 Å². The minimum atomic E-state index is -0.199. The Morgan fingerprint density at radius 3 is 2.74 bits per heavy atom. The van der Waals surface area contributed by atoms with Crippen molar-refractivity contribution in [2.75, 3.05) is 19.3 Å². The van der Waals surface area contributed by atoms with Crippen LogP contribution in [0.5, 0.6) is 5.75 Å². The lowest BCUT2D eigenvalue weighted by Crippen LogP contribution is -2.39. The molecule has 1 heterocycles. The number of rotatable bonds is 5. The van der Waals surface area contributed by atoms with Crippen molar-refractivity contribution in [3.8, 4) is 5.75 Å². The largest absolute Gasteiger partial charge is 0.488 e. The molecule has 0 aliphatic carbocycles. The van der Waals surface area contributed by atoms with E-state index < -0.39 is 0 Å². The van der Waals surface area contributed by atoms with Crippen molar-refractivity contribution in [1.29, 1.82) is 0 Å². The van der Waals surface area contributed by atoms with Crippen LogP contribution in [0.4, 0.5) is 0 Å². The van der Waals surface area contributed by atoms with Crippen LogP contribution < -0.4 is 15.4 Å². The summed E-state index contributed by atoms with van der Waals surface area (Å²) in [4.78, 5) is 4.31. The minimum Gasteiger partial charge on any atom is -0.488 e. The molecular weight excluding hydrogens is 306 g/mol. The van der Waals surface area contributed by atoms with Crippen LogP contribution in [0.25, 0.3) is 0 Å². The van der Waals surface area contributed by atoms with Gasteiger partial charge in [0.15, 0.2) is 5.96 Å². The van der Waals surface area contributed by atoms with Gasteiger partial charge in [0.1, 0.15) is 11.4 Å². The van der Waals surface area contributed by atoms with Gasteiger partial charge in [0, 0.05) is 31.0 Å². The highest BCUT2D eigenvalue weighted by Gasteiger charge is 2.16.